The maximum absolute atomic E-state index is 11.9. The third kappa shape index (κ3) is 3.05. The maximum Gasteiger partial charge on any atom is 0.274 e. The molecule has 0 bridgehead atoms. The van der Waals surface area contributed by atoms with Gasteiger partial charge in [-0.25, -0.2) is 4.68 Å². The topological polar surface area (TPSA) is 53.4 Å². The average Bonchev–Trinajstić information content (AvgIpc) is 2.44. The third-order valence-corrected chi connectivity index (χ3v) is 3.40. The van der Waals surface area contributed by atoms with E-state index >= 15 is 0 Å². The lowest BCUT2D eigenvalue weighted by Gasteiger charge is -2.10. The zero-order valence-corrected chi connectivity index (χ0v) is 12.4. The Hall–Kier alpha value is -1.72. The summed E-state index contributed by atoms with van der Waals surface area (Å²) in [6.45, 7) is 0.260. The van der Waals surface area contributed by atoms with E-state index < -0.39 is 0 Å². The van der Waals surface area contributed by atoms with Crippen molar-refractivity contribution in [3.8, 4) is 11.6 Å². The van der Waals surface area contributed by atoms with Crippen LogP contribution in [0.4, 0.5) is 0 Å². The van der Waals surface area contributed by atoms with Crippen molar-refractivity contribution in [3.63, 3.8) is 0 Å². The van der Waals surface area contributed by atoms with E-state index in [0.717, 1.165) is 5.56 Å². The molecule has 0 atom stereocenters. The van der Waals surface area contributed by atoms with Gasteiger partial charge in [-0.2, -0.15) is 0 Å². The molecule has 0 fully saturated rings. The third-order valence-electron chi connectivity index (χ3n) is 2.66. The molecule has 5 nitrogen and oxygen atoms in total. The monoisotopic (exact) mass is 314 g/mol. The summed E-state index contributed by atoms with van der Waals surface area (Å²) in [5.41, 5.74) is 0.509. The van der Waals surface area contributed by atoms with Gasteiger partial charge in [-0.05, 0) is 17.7 Å². The number of hydrogen-bond acceptors (Lipinski definition) is 4. The molecule has 0 aliphatic heterocycles. The Morgan fingerprint density at radius 3 is 2.50 bits per heavy atom. The van der Waals surface area contributed by atoms with E-state index in [2.05, 4.69) is 5.10 Å². The van der Waals surface area contributed by atoms with Gasteiger partial charge in [-0.1, -0.05) is 29.3 Å². The number of methoxy groups -OCH3 is 2. The van der Waals surface area contributed by atoms with Crippen molar-refractivity contribution < 1.29 is 9.47 Å². The number of rotatable bonds is 4. The van der Waals surface area contributed by atoms with Gasteiger partial charge in [0, 0.05) is 0 Å². The van der Waals surface area contributed by atoms with E-state index in [4.69, 9.17) is 32.7 Å². The van der Waals surface area contributed by atoms with Crippen molar-refractivity contribution >= 4 is 23.2 Å². The smallest absolute Gasteiger partial charge is 0.274 e. The molecular formula is C13H12Cl2N2O3. The summed E-state index contributed by atoms with van der Waals surface area (Å²) in [6.07, 6.45) is 0. The molecule has 20 heavy (non-hydrogen) atoms. The van der Waals surface area contributed by atoms with Crippen molar-refractivity contribution in [2.24, 2.45) is 0 Å². The molecule has 2 rings (SSSR count). The highest BCUT2D eigenvalue weighted by atomic mass is 35.5. The van der Waals surface area contributed by atoms with Crippen molar-refractivity contribution in [1.29, 1.82) is 0 Å². The molecule has 0 unspecified atom stereocenters. The summed E-state index contributed by atoms with van der Waals surface area (Å²) < 4.78 is 11.4. The van der Waals surface area contributed by atoms with Crippen LogP contribution in [0.2, 0.25) is 10.0 Å². The van der Waals surface area contributed by atoms with E-state index in [-0.39, 0.29) is 18.0 Å². The Morgan fingerprint density at radius 1 is 1.15 bits per heavy atom. The molecule has 0 aliphatic carbocycles. The molecule has 0 amide bonds. The van der Waals surface area contributed by atoms with Gasteiger partial charge in [-0.3, -0.25) is 4.79 Å². The summed E-state index contributed by atoms with van der Waals surface area (Å²) in [5, 5.41) is 4.98. The molecule has 0 aliphatic rings. The van der Waals surface area contributed by atoms with Crippen LogP contribution >= 0.6 is 23.2 Å². The summed E-state index contributed by atoms with van der Waals surface area (Å²) >= 11 is 11.8. The fourth-order valence-corrected chi connectivity index (χ4v) is 1.99. The molecule has 1 heterocycles. The van der Waals surface area contributed by atoms with Gasteiger partial charge in [0.15, 0.2) is 5.75 Å². The van der Waals surface area contributed by atoms with Crippen molar-refractivity contribution in [2.75, 3.05) is 14.2 Å². The van der Waals surface area contributed by atoms with Gasteiger partial charge < -0.3 is 9.47 Å². The number of nitrogens with zero attached hydrogens (tertiary/aromatic N) is 2. The first kappa shape index (κ1) is 14.7. The second-order valence-corrected chi connectivity index (χ2v) is 4.78. The van der Waals surface area contributed by atoms with Crippen LogP contribution in [0.3, 0.4) is 0 Å². The molecule has 1 aromatic carbocycles. The number of halogens is 2. The molecule has 0 saturated heterocycles. The van der Waals surface area contributed by atoms with Crippen LogP contribution < -0.4 is 15.0 Å². The quantitative estimate of drug-likeness (QED) is 0.870. The van der Waals surface area contributed by atoms with Crippen molar-refractivity contribution in [3.05, 3.63) is 50.2 Å². The molecule has 1 aromatic heterocycles. The fraction of sp³-hybridized carbons (Fsp3) is 0.231. The van der Waals surface area contributed by atoms with Crippen LogP contribution in [0.1, 0.15) is 5.56 Å². The summed E-state index contributed by atoms with van der Waals surface area (Å²) in [7, 11) is 2.90. The van der Waals surface area contributed by atoms with Gasteiger partial charge >= 0.3 is 0 Å². The zero-order valence-electron chi connectivity index (χ0n) is 10.9. The van der Waals surface area contributed by atoms with Crippen LogP contribution in [0, 0.1) is 0 Å². The highest BCUT2D eigenvalue weighted by Gasteiger charge is 2.10. The van der Waals surface area contributed by atoms with Gasteiger partial charge in [0.2, 0.25) is 0 Å². The van der Waals surface area contributed by atoms with Gasteiger partial charge in [0.05, 0.1) is 36.9 Å². The van der Waals surface area contributed by atoms with Gasteiger partial charge in [0.1, 0.15) is 0 Å². The molecule has 0 spiro atoms. The van der Waals surface area contributed by atoms with Crippen molar-refractivity contribution in [1.82, 2.24) is 9.78 Å². The number of benzene rings is 1. The second kappa shape index (κ2) is 6.15. The van der Waals surface area contributed by atoms with E-state index in [1.807, 2.05) is 0 Å². The standard InChI is InChI=1S/C13H12Cl2N2O3/c1-19-11-6-12(18)17(16-13(11)20-2)7-8-3-4-9(14)10(15)5-8/h3-6H,7H2,1-2H3. The lowest BCUT2D eigenvalue weighted by Crippen LogP contribution is -2.23. The average molecular weight is 315 g/mol. The van der Waals surface area contributed by atoms with E-state index in [9.17, 15) is 4.79 Å². The molecule has 0 radical (unpaired) electrons. The lowest BCUT2D eigenvalue weighted by molar-refractivity contribution is 0.328. The highest BCUT2D eigenvalue weighted by Crippen LogP contribution is 2.23. The summed E-state index contributed by atoms with van der Waals surface area (Å²) in [5.74, 6) is 0.537. The Morgan fingerprint density at radius 2 is 1.90 bits per heavy atom. The molecule has 0 saturated carbocycles. The highest BCUT2D eigenvalue weighted by molar-refractivity contribution is 6.42. The first-order valence-corrected chi connectivity index (χ1v) is 6.45. The van der Waals surface area contributed by atoms with Crippen LogP contribution in [0.15, 0.2) is 29.1 Å². The summed E-state index contributed by atoms with van der Waals surface area (Å²) in [4.78, 5) is 11.9. The maximum atomic E-state index is 11.9. The first-order valence-electron chi connectivity index (χ1n) is 5.69. The molecule has 106 valence electrons. The number of aromatic nitrogens is 2. The zero-order chi connectivity index (χ0) is 14.7. The normalized spacial score (nSPS) is 10.4. The number of ether oxygens (including phenoxy) is 2. The fourth-order valence-electron chi connectivity index (χ4n) is 1.67. The second-order valence-electron chi connectivity index (χ2n) is 3.97. The molecule has 2 aromatic rings. The first-order chi connectivity index (χ1) is 9.55. The van der Waals surface area contributed by atoms with Crippen LogP contribution in [-0.2, 0) is 6.54 Å². The summed E-state index contributed by atoms with van der Waals surface area (Å²) in [6, 6.07) is 6.46. The lowest BCUT2D eigenvalue weighted by atomic mass is 10.2. The van der Waals surface area contributed by atoms with E-state index in [1.165, 1.54) is 25.0 Å². The molecule has 0 N–H and O–H groups in total. The minimum Gasteiger partial charge on any atom is -0.491 e. The SMILES string of the molecule is COc1cc(=O)n(Cc2ccc(Cl)c(Cl)c2)nc1OC. The van der Waals surface area contributed by atoms with E-state index in [1.54, 1.807) is 18.2 Å². The van der Waals surface area contributed by atoms with Crippen LogP contribution in [-0.4, -0.2) is 24.0 Å². The molecule has 7 heteroatoms. The largest absolute Gasteiger partial charge is 0.491 e. The number of hydrogen-bond donors (Lipinski definition) is 0. The Kier molecular flexibility index (Phi) is 4.52. The van der Waals surface area contributed by atoms with Gasteiger partial charge in [-0.15, -0.1) is 5.10 Å². The van der Waals surface area contributed by atoms with Gasteiger partial charge in [0.25, 0.3) is 11.4 Å². The predicted molar refractivity (Wildman–Crippen MR) is 77.2 cm³/mol. The Labute approximate surface area is 125 Å². The van der Waals surface area contributed by atoms with Crippen molar-refractivity contribution in [2.45, 2.75) is 6.54 Å². The van der Waals surface area contributed by atoms with Crippen LogP contribution in [0.25, 0.3) is 0 Å². The Balaban J connectivity index is 2.38. The van der Waals surface area contributed by atoms with Crippen LogP contribution in [0.5, 0.6) is 11.6 Å². The minimum atomic E-state index is -0.297. The van der Waals surface area contributed by atoms with E-state index in [0.29, 0.717) is 15.8 Å². The predicted octanol–water partition coefficient (Wildman–Crippen LogP) is 2.62. The Bertz CT molecular complexity index is 686. The molecular weight excluding hydrogens is 303 g/mol. The minimum absolute atomic E-state index is 0.243.